The highest BCUT2D eigenvalue weighted by Gasteiger charge is 2.34. The van der Waals surface area contributed by atoms with E-state index >= 15 is 0 Å². The Kier molecular flexibility index (Phi) is 3.92. The second kappa shape index (κ2) is 6.02. The Labute approximate surface area is 130 Å². The first-order chi connectivity index (χ1) is 10.7. The van der Waals surface area contributed by atoms with Crippen LogP contribution in [0.15, 0.2) is 70.9 Å². The second-order valence-electron chi connectivity index (χ2n) is 5.58. The molecule has 0 aliphatic carbocycles. The molecule has 0 amide bonds. The molecule has 1 atom stereocenters. The maximum atomic E-state index is 5.56. The Morgan fingerprint density at radius 3 is 2.41 bits per heavy atom. The van der Waals surface area contributed by atoms with Crippen LogP contribution in [0, 0.1) is 0 Å². The third-order valence-electron chi connectivity index (χ3n) is 3.62. The van der Waals surface area contributed by atoms with Crippen molar-refractivity contribution in [2.75, 3.05) is 0 Å². The van der Waals surface area contributed by atoms with E-state index in [-0.39, 0.29) is 0 Å². The molecule has 3 rings (SSSR count). The molecule has 0 bridgehead atoms. The molecule has 2 aromatic carbocycles. The predicted octanol–water partition coefficient (Wildman–Crippen LogP) is 3.54. The van der Waals surface area contributed by atoms with Crippen molar-refractivity contribution in [3.8, 4) is 0 Å². The molecule has 0 spiro atoms. The van der Waals surface area contributed by atoms with Gasteiger partial charge in [-0.15, -0.1) is 0 Å². The lowest BCUT2D eigenvalue weighted by molar-refractivity contribution is -0.0298. The average Bonchev–Trinajstić information content (AvgIpc) is 2.97. The van der Waals surface area contributed by atoms with Crippen LogP contribution in [0.5, 0.6) is 0 Å². The van der Waals surface area contributed by atoms with Gasteiger partial charge in [-0.05, 0) is 25.0 Å². The van der Waals surface area contributed by atoms with Crippen molar-refractivity contribution in [2.24, 2.45) is 10.3 Å². The van der Waals surface area contributed by atoms with E-state index in [2.05, 4.69) is 15.7 Å². The Morgan fingerprint density at radius 1 is 1.09 bits per heavy atom. The van der Waals surface area contributed by atoms with E-state index in [0.29, 0.717) is 6.42 Å². The van der Waals surface area contributed by atoms with Crippen molar-refractivity contribution in [3.63, 3.8) is 0 Å². The Bertz CT molecular complexity index is 695. The highest BCUT2D eigenvalue weighted by Crippen LogP contribution is 2.24. The Balaban J connectivity index is 1.67. The number of hydrogen-bond donors (Lipinski definition) is 1. The summed E-state index contributed by atoms with van der Waals surface area (Å²) in [6.45, 7) is 3.92. The first-order valence-corrected chi connectivity index (χ1v) is 7.34. The lowest BCUT2D eigenvalue weighted by atomic mass is 10.0. The van der Waals surface area contributed by atoms with Gasteiger partial charge in [-0.1, -0.05) is 65.8 Å². The van der Waals surface area contributed by atoms with Gasteiger partial charge in [0.25, 0.3) is 0 Å². The van der Waals surface area contributed by atoms with Gasteiger partial charge in [-0.3, -0.25) is 5.43 Å². The first-order valence-electron chi connectivity index (χ1n) is 7.34. The summed E-state index contributed by atoms with van der Waals surface area (Å²) in [5.74, 6) is 0. The summed E-state index contributed by atoms with van der Waals surface area (Å²) in [7, 11) is 0. The smallest absolute Gasteiger partial charge is 0.224 e. The predicted molar refractivity (Wildman–Crippen MR) is 88.9 cm³/mol. The van der Waals surface area contributed by atoms with E-state index in [1.54, 1.807) is 0 Å². The summed E-state index contributed by atoms with van der Waals surface area (Å²) in [4.78, 5) is 5.56. The molecule has 1 heterocycles. The summed E-state index contributed by atoms with van der Waals surface area (Å²) in [5.41, 5.74) is 6.51. The number of nitrogens with zero attached hydrogens (tertiary/aromatic N) is 2. The van der Waals surface area contributed by atoms with Crippen LogP contribution < -0.4 is 5.43 Å². The molecule has 4 heteroatoms. The second-order valence-corrected chi connectivity index (χ2v) is 5.58. The van der Waals surface area contributed by atoms with Crippen LogP contribution in [-0.2, 0) is 4.84 Å². The SMILES string of the molecule is C/C(=N\NC1(C)CC(c2ccccc2)=NO1)c1ccccc1. The summed E-state index contributed by atoms with van der Waals surface area (Å²) in [6, 6.07) is 20.1. The highest BCUT2D eigenvalue weighted by molar-refractivity contribution is 6.01. The molecule has 2 aromatic rings. The van der Waals surface area contributed by atoms with Crippen molar-refractivity contribution in [3.05, 3.63) is 71.8 Å². The molecule has 22 heavy (non-hydrogen) atoms. The van der Waals surface area contributed by atoms with Gasteiger partial charge < -0.3 is 4.84 Å². The minimum absolute atomic E-state index is 0.610. The van der Waals surface area contributed by atoms with E-state index in [4.69, 9.17) is 4.84 Å². The molecule has 1 N–H and O–H groups in total. The third kappa shape index (κ3) is 3.17. The summed E-state index contributed by atoms with van der Waals surface area (Å²) < 4.78 is 0. The van der Waals surface area contributed by atoms with Crippen LogP contribution in [0.25, 0.3) is 0 Å². The van der Waals surface area contributed by atoms with Gasteiger partial charge in [0, 0.05) is 0 Å². The standard InChI is InChI=1S/C18H19N3O/c1-14(15-9-5-3-6-10-15)19-21-18(2)13-17(20-22-18)16-11-7-4-8-12-16/h3-12,21H,13H2,1-2H3/b19-14+. The minimum Gasteiger partial charge on any atom is -0.366 e. The van der Waals surface area contributed by atoms with Gasteiger partial charge in [0.1, 0.15) is 0 Å². The van der Waals surface area contributed by atoms with Crippen molar-refractivity contribution in [2.45, 2.75) is 26.0 Å². The molecule has 0 saturated carbocycles. The average molecular weight is 293 g/mol. The molecule has 0 radical (unpaired) electrons. The van der Waals surface area contributed by atoms with Crippen LogP contribution in [0.3, 0.4) is 0 Å². The van der Waals surface area contributed by atoms with Crippen molar-refractivity contribution < 1.29 is 4.84 Å². The first kappa shape index (κ1) is 14.3. The molecule has 1 aliphatic rings. The fourth-order valence-corrected chi connectivity index (χ4v) is 2.33. The number of hydrogen-bond acceptors (Lipinski definition) is 4. The molecule has 0 saturated heterocycles. The topological polar surface area (TPSA) is 46.0 Å². The van der Waals surface area contributed by atoms with Crippen LogP contribution in [0.2, 0.25) is 0 Å². The van der Waals surface area contributed by atoms with Gasteiger partial charge in [0.15, 0.2) is 0 Å². The van der Waals surface area contributed by atoms with Crippen LogP contribution in [0.4, 0.5) is 0 Å². The number of benzene rings is 2. The zero-order chi connectivity index (χ0) is 15.4. The zero-order valence-corrected chi connectivity index (χ0v) is 12.8. The molecule has 112 valence electrons. The molecule has 1 unspecified atom stereocenters. The monoisotopic (exact) mass is 293 g/mol. The largest absolute Gasteiger partial charge is 0.366 e. The fraction of sp³-hybridized carbons (Fsp3) is 0.222. The minimum atomic E-state index is -0.610. The van der Waals surface area contributed by atoms with E-state index < -0.39 is 5.72 Å². The number of nitrogens with one attached hydrogen (secondary N) is 1. The highest BCUT2D eigenvalue weighted by atomic mass is 16.7. The van der Waals surface area contributed by atoms with Gasteiger partial charge in [-0.2, -0.15) is 5.10 Å². The van der Waals surface area contributed by atoms with Gasteiger partial charge in [-0.25, -0.2) is 0 Å². The molecular weight excluding hydrogens is 274 g/mol. The number of oxime groups is 1. The lowest BCUT2D eigenvalue weighted by Crippen LogP contribution is -2.39. The van der Waals surface area contributed by atoms with Gasteiger partial charge in [0.2, 0.25) is 5.72 Å². The summed E-state index contributed by atoms with van der Waals surface area (Å²) in [5, 5.41) is 8.64. The summed E-state index contributed by atoms with van der Waals surface area (Å²) >= 11 is 0. The van der Waals surface area contributed by atoms with Crippen LogP contribution in [-0.4, -0.2) is 17.1 Å². The van der Waals surface area contributed by atoms with E-state index in [1.807, 2.05) is 74.5 Å². The maximum Gasteiger partial charge on any atom is 0.224 e. The molecule has 0 aromatic heterocycles. The fourth-order valence-electron chi connectivity index (χ4n) is 2.33. The Morgan fingerprint density at radius 2 is 1.73 bits per heavy atom. The van der Waals surface area contributed by atoms with Crippen molar-refractivity contribution in [1.29, 1.82) is 0 Å². The van der Waals surface area contributed by atoms with Crippen LogP contribution >= 0.6 is 0 Å². The molecule has 1 aliphatic heterocycles. The Hall–Kier alpha value is -2.62. The van der Waals surface area contributed by atoms with Crippen LogP contribution in [0.1, 0.15) is 31.4 Å². The number of hydrazone groups is 1. The molecule has 0 fully saturated rings. The quantitative estimate of drug-likeness (QED) is 0.692. The lowest BCUT2D eigenvalue weighted by Gasteiger charge is -2.21. The van der Waals surface area contributed by atoms with Crippen molar-refractivity contribution >= 4 is 11.4 Å². The van der Waals surface area contributed by atoms with E-state index in [0.717, 1.165) is 22.6 Å². The maximum absolute atomic E-state index is 5.56. The zero-order valence-electron chi connectivity index (χ0n) is 12.8. The van der Waals surface area contributed by atoms with E-state index in [9.17, 15) is 0 Å². The summed E-state index contributed by atoms with van der Waals surface area (Å²) in [6.07, 6.45) is 0.669. The van der Waals surface area contributed by atoms with E-state index in [1.165, 1.54) is 0 Å². The van der Waals surface area contributed by atoms with Gasteiger partial charge >= 0.3 is 0 Å². The number of rotatable bonds is 4. The van der Waals surface area contributed by atoms with Gasteiger partial charge in [0.05, 0.1) is 17.8 Å². The molecule has 4 nitrogen and oxygen atoms in total. The van der Waals surface area contributed by atoms with Crippen molar-refractivity contribution in [1.82, 2.24) is 5.43 Å². The molecular formula is C18H19N3O. The normalized spacial score (nSPS) is 21.2. The third-order valence-corrected chi connectivity index (χ3v) is 3.62.